The van der Waals surface area contributed by atoms with Gasteiger partial charge in [0.2, 0.25) is 0 Å². The largest absolute Gasteiger partial charge is 0.396 e. The van der Waals surface area contributed by atoms with Crippen LogP contribution in [0.15, 0.2) is 0 Å². The van der Waals surface area contributed by atoms with Crippen LogP contribution in [-0.2, 0) is 4.74 Å². The first-order valence-corrected chi connectivity index (χ1v) is 6.28. The molecule has 1 fully saturated rings. The van der Waals surface area contributed by atoms with Crippen molar-refractivity contribution in [3.63, 3.8) is 0 Å². The molecule has 2 heteroatoms. The zero-order valence-corrected chi connectivity index (χ0v) is 10.6. The van der Waals surface area contributed by atoms with E-state index in [1.54, 1.807) is 0 Å². The van der Waals surface area contributed by atoms with Crippen LogP contribution in [0.1, 0.15) is 53.4 Å². The molecule has 1 aliphatic heterocycles. The minimum atomic E-state index is 0.00555. The van der Waals surface area contributed by atoms with Gasteiger partial charge in [0.1, 0.15) is 0 Å². The molecule has 3 unspecified atom stereocenters. The lowest BCUT2D eigenvalue weighted by atomic mass is 9.85. The molecule has 0 spiro atoms. The quantitative estimate of drug-likeness (QED) is 0.762. The van der Waals surface area contributed by atoms with Crippen molar-refractivity contribution in [2.75, 3.05) is 6.61 Å². The fraction of sp³-hybridized carbons (Fsp3) is 1.00. The minimum Gasteiger partial charge on any atom is -0.396 e. The average Bonchev–Trinajstić information content (AvgIpc) is 2.59. The van der Waals surface area contributed by atoms with E-state index < -0.39 is 0 Å². The van der Waals surface area contributed by atoms with Gasteiger partial charge in [-0.1, -0.05) is 34.1 Å². The monoisotopic (exact) mass is 214 g/mol. The van der Waals surface area contributed by atoms with Crippen molar-refractivity contribution in [1.82, 2.24) is 0 Å². The van der Waals surface area contributed by atoms with Crippen LogP contribution in [0.5, 0.6) is 0 Å². The van der Waals surface area contributed by atoms with Crippen molar-refractivity contribution >= 4 is 0 Å². The first kappa shape index (κ1) is 13.0. The summed E-state index contributed by atoms with van der Waals surface area (Å²) in [6.45, 7) is 8.91. The van der Waals surface area contributed by atoms with Gasteiger partial charge in [-0.2, -0.15) is 0 Å². The summed E-state index contributed by atoms with van der Waals surface area (Å²) in [5.74, 6) is 0.731. The number of hydrogen-bond acceptors (Lipinski definition) is 2. The Bertz CT molecular complexity index is 177. The second kappa shape index (κ2) is 5.31. The smallest absolute Gasteiger partial charge is 0.0605 e. The van der Waals surface area contributed by atoms with Crippen molar-refractivity contribution in [3.8, 4) is 0 Å². The van der Waals surface area contributed by atoms with Gasteiger partial charge < -0.3 is 9.84 Å². The van der Waals surface area contributed by atoms with Crippen LogP contribution in [0.25, 0.3) is 0 Å². The van der Waals surface area contributed by atoms with Gasteiger partial charge in [-0.05, 0) is 30.6 Å². The van der Waals surface area contributed by atoms with Crippen molar-refractivity contribution in [2.24, 2.45) is 11.3 Å². The molecule has 3 atom stereocenters. The Hall–Kier alpha value is -0.0800. The van der Waals surface area contributed by atoms with Gasteiger partial charge in [-0.25, -0.2) is 0 Å². The van der Waals surface area contributed by atoms with E-state index in [-0.39, 0.29) is 12.0 Å². The summed E-state index contributed by atoms with van der Waals surface area (Å²) in [5, 5.41) is 9.25. The second-order valence-corrected chi connectivity index (χ2v) is 5.64. The molecule has 1 heterocycles. The summed E-state index contributed by atoms with van der Waals surface area (Å²) in [7, 11) is 0. The van der Waals surface area contributed by atoms with Crippen molar-refractivity contribution in [3.05, 3.63) is 0 Å². The molecule has 90 valence electrons. The molecule has 0 aliphatic carbocycles. The summed E-state index contributed by atoms with van der Waals surface area (Å²) >= 11 is 0. The summed E-state index contributed by atoms with van der Waals surface area (Å²) < 4.78 is 6.04. The lowest BCUT2D eigenvalue weighted by Crippen LogP contribution is -2.24. The third-order valence-corrected chi connectivity index (χ3v) is 3.59. The van der Waals surface area contributed by atoms with E-state index >= 15 is 0 Å². The van der Waals surface area contributed by atoms with E-state index in [0.717, 1.165) is 18.8 Å². The predicted octanol–water partition coefficient (Wildman–Crippen LogP) is 2.99. The van der Waals surface area contributed by atoms with Crippen molar-refractivity contribution in [1.29, 1.82) is 0 Å². The fourth-order valence-corrected chi connectivity index (χ4v) is 2.57. The van der Waals surface area contributed by atoms with Gasteiger partial charge in [-0.15, -0.1) is 0 Å². The highest BCUT2D eigenvalue weighted by Gasteiger charge is 2.35. The van der Waals surface area contributed by atoms with Crippen LogP contribution in [-0.4, -0.2) is 23.9 Å². The maximum Gasteiger partial charge on any atom is 0.0605 e. The minimum absolute atomic E-state index is 0.00555. The summed E-state index contributed by atoms with van der Waals surface area (Å²) in [4.78, 5) is 0. The number of ether oxygens (including phenoxy) is 1. The molecule has 0 saturated carbocycles. The lowest BCUT2D eigenvalue weighted by Gasteiger charge is -2.25. The Kier molecular flexibility index (Phi) is 4.60. The molecule has 0 bridgehead atoms. The third-order valence-electron chi connectivity index (χ3n) is 3.59. The predicted molar refractivity (Wildman–Crippen MR) is 62.8 cm³/mol. The van der Waals surface area contributed by atoms with Gasteiger partial charge in [0, 0.05) is 6.61 Å². The second-order valence-electron chi connectivity index (χ2n) is 5.64. The van der Waals surface area contributed by atoms with Crippen LogP contribution in [0.4, 0.5) is 0 Å². The molecule has 0 aromatic carbocycles. The normalized spacial score (nSPS) is 32.2. The van der Waals surface area contributed by atoms with Crippen LogP contribution >= 0.6 is 0 Å². The zero-order valence-electron chi connectivity index (χ0n) is 10.6. The summed E-state index contributed by atoms with van der Waals surface area (Å²) in [6, 6.07) is 0. The Labute approximate surface area is 94.0 Å². The van der Waals surface area contributed by atoms with E-state index in [0.29, 0.717) is 12.2 Å². The molecule has 2 nitrogen and oxygen atoms in total. The van der Waals surface area contributed by atoms with Gasteiger partial charge in [-0.3, -0.25) is 0 Å². The molecule has 1 N–H and O–H groups in total. The number of aliphatic hydroxyl groups is 1. The molecular weight excluding hydrogens is 188 g/mol. The molecule has 15 heavy (non-hydrogen) atoms. The zero-order chi connectivity index (χ0) is 11.5. The van der Waals surface area contributed by atoms with Crippen molar-refractivity contribution in [2.45, 2.75) is 65.6 Å². The van der Waals surface area contributed by atoms with E-state index in [9.17, 15) is 5.11 Å². The van der Waals surface area contributed by atoms with Gasteiger partial charge in [0.05, 0.1) is 12.2 Å². The SMILES string of the molecule is CCC1CC(CC(C)(C)CO)OC1CC. The number of hydrogen-bond donors (Lipinski definition) is 1. The van der Waals surface area contributed by atoms with E-state index in [2.05, 4.69) is 27.7 Å². The Morgan fingerprint density at radius 3 is 2.33 bits per heavy atom. The standard InChI is InChI=1S/C13H26O2/c1-5-10-7-11(15-12(10)6-2)8-13(3,4)9-14/h10-12,14H,5-9H2,1-4H3. The Morgan fingerprint density at radius 1 is 1.27 bits per heavy atom. The Balaban J connectivity index is 2.47. The number of rotatable bonds is 5. The third kappa shape index (κ3) is 3.46. The van der Waals surface area contributed by atoms with Crippen LogP contribution in [0.3, 0.4) is 0 Å². The molecular formula is C13H26O2. The van der Waals surface area contributed by atoms with Gasteiger partial charge in [0.15, 0.2) is 0 Å². The Morgan fingerprint density at radius 2 is 1.93 bits per heavy atom. The fourth-order valence-electron chi connectivity index (χ4n) is 2.57. The molecule has 0 aromatic heterocycles. The van der Waals surface area contributed by atoms with E-state index in [4.69, 9.17) is 4.74 Å². The number of aliphatic hydroxyl groups excluding tert-OH is 1. The molecule has 0 amide bonds. The van der Waals surface area contributed by atoms with Crippen LogP contribution < -0.4 is 0 Å². The molecule has 1 rings (SSSR count). The topological polar surface area (TPSA) is 29.5 Å². The first-order valence-electron chi connectivity index (χ1n) is 6.28. The van der Waals surface area contributed by atoms with E-state index in [1.807, 2.05) is 0 Å². The average molecular weight is 214 g/mol. The molecule has 1 saturated heterocycles. The molecule has 0 radical (unpaired) electrons. The maximum atomic E-state index is 9.25. The van der Waals surface area contributed by atoms with Crippen LogP contribution in [0, 0.1) is 11.3 Å². The maximum absolute atomic E-state index is 9.25. The highest BCUT2D eigenvalue weighted by molar-refractivity contribution is 4.84. The molecule has 1 aliphatic rings. The van der Waals surface area contributed by atoms with Crippen molar-refractivity contribution < 1.29 is 9.84 Å². The first-order chi connectivity index (χ1) is 7.02. The summed E-state index contributed by atoms with van der Waals surface area (Å²) in [6.07, 6.45) is 5.31. The lowest BCUT2D eigenvalue weighted by molar-refractivity contribution is 0.000386. The highest BCUT2D eigenvalue weighted by atomic mass is 16.5. The highest BCUT2D eigenvalue weighted by Crippen LogP contribution is 2.36. The van der Waals surface area contributed by atoms with E-state index in [1.165, 1.54) is 12.8 Å². The summed E-state index contributed by atoms with van der Waals surface area (Å²) in [5.41, 5.74) is 0.00555. The van der Waals surface area contributed by atoms with Gasteiger partial charge in [0.25, 0.3) is 0 Å². The molecule has 0 aromatic rings. The van der Waals surface area contributed by atoms with Gasteiger partial charge >= 0.3 is 0 Å². The van der Waals surface area contributed by atoms with Crippen LogP contribution in [0.2, 0.25) is 0 Å².